The summed E-state index contributed by atoms with van der Waals surface area (Å²) in [7, 11) is 3.69. The average molecular weight is 376 g/mol. The molecule has 0 saturated heterocycles. The number of rotatable bonds is 7. The van der Waals surface area contributed by atoms with Gasteiger partial charge in [-0.05, 0) is 29.3 Å². The van der Waals surface area contributed by atoms with Crippen LogP contribution in [0.25, 0.3) is 11.1 Å². The van der Waals surface area contributed by atoms with E-state index in [1.807, 2.05) is 66.8 Å². The second-order valence-electron chi connectivity index (χ2n) is 6.60. The Balaban J connectivity index is 1.71. The van der Waals surface area contributed by atoms with Crippen molar-refractivity contribution in [3.63, 3.8) is 0 Å². The van der Waals surface area contributed by atoms with Crippen LogP contribution in [0.1, 0.15) is 11.3 Å². The summed E-state index contributed by atoms with van der Waals surface area (Å²) in [6.45, 7) is 1.16. The van der Waals surface area contributed by atoms with E-state index < -0.39 is 0 Å². The molecule has 0 unspecified atom stereocenters. The standard InChI is InChI=1S/C21H24N6O/c1-26(20(28)11-22)14-16-6-5-7-17(10-16)18-12-24-21(25-13-18)27(2)15-19-8-3-4-9-23-19/h3-10,12-13H,11,14-15,22H2,1-2H3. The first-order chi connectivity index (χ1) is 13.6. The Labute approximate surface area is 164 Å². The lowest BCUT2D eigenvalue weighted by Gasteiger charge is -2.17. The van der Waals surface area contributed by atoms with Crippen LogP contribution in [0.4, 0.5) is 5.95 Å². The molecule has 0 radical (unpaired) electrons. The summed E-state index contributed by atoms with van der Waals surface area (Å²) in [6, 6.07) is 13.8. The molecule has 7 heteroatoms. The Morgan fingerprint density at radius 3 is 2.43 bits per heavy atom. The highest BCUT2D eigenvalue weighted by molar-refractivity contribution is 5.77. The number of hydrogen-bond donors (Lipinski definition) is 1. The van der Waals surface area contributed by atoms with Crippen LogP contribution in [0.5, 0.6) is 0 Å². The maximum absolute atomic E-state index is 11.7. The van der Waals surface area contributed by atoms with Gasteiger partial charge in [0.25, 0.3) is 0 Å². The largest absolute Gasteiger partial charge is 0.340 e. The van der Waals surface area contributed by atoms with Crippen LogP contribution >= 0.6 is 0 Å². The number of nitrogens with zero attached hydrogens (tertiary/aromatic N) is 5. The Morgan fingerprint density at radius 2 is 1.75 bits per heavy atom. The first-order valence-corrected chi connectivity index (χ1v) is 9.03. The van der Waals surface area contributed by atoms with Gasteiger partial charge in [0.15, 0.2) is 0 Å². The smallest absolute Gasteiger partial charge is 0.236 e. The molecule has 1 aromatic carbocycles. The Bertz CT molecular complexity index is 914. The van der Waals surface area contributed by atoms with Gasteiger partial charge in [-0.2, -0.15) is 0 Å². The average Bonchev–Trinajstić information content (AvgIpc) is 2.74. The number of benzene rings is 1. The monoisotopic (exact) mass is 376 g/mol. The number of carbonyl (C=O) groups is 1. The zero-order valence-electron chi connectivity index (χ0n) is 16.1. The molecule has 144 valence electrons. The topological polar surface area (TPSA) is 88.2 Å². The molecule has 28 heavy (non-hydrogen) atoms. The molecular weight excluding hydrogens is 352 g/mol. The van der Waals surface area contributed by atoms with Crippen molar-refractivity contribution < 1.29 is 4.79 Å². The lowest BCUT2D eigenvalue weighted by atomic mass is 10.1. The van der Waals surface area contributed by atoms with Crippen molar-refractivity contribution in [1.29, 1.82) is 0 Å². The highest BCUT2D eigenvalue weighted by Crippen LogP contribution is 2.21. The fourth-order valence-electron chi connectivity index (χ4n) is 2.84. The van der Waals surface area contributed by atoms with Crippen LogP contribution in [-0.4, -0.2) is 46.4 Å². The van der Waals surface area contributed by atoms with Gasteiger partial charge in [-0.3, -0.25) is 9.78 Å². The van der Waals surface area contributed by atoms with Gasteiger partial charge in [0.2, 0.25) is 11.9 Å². The van der Waals surface area contributed by atoms with E-state index in [4.69, 9.17) is 5.73 Å². The van der Waals surface area contributed by atoms with E-state index in [0.29, 0.717) is 19.0 Å². The molecule has 2 N–H and O–H groups in total. The number of nitrogens with two attached hydrogens (primary N) is 1. The van der Waals surface area contributed by atoms with Crippen molar-refractivity contribution in [3.8, 4) is 11.1 Å². The number of aromatic nitrogens is 3. The minimum Gasteiger partial charge on any atom is -0.340 e. The van der Waals surface area contributed by atoms with Crippen molar-refractivity contribution in [2.75, 3.05) is 25.5 Å². The van der Waals surface area contributed by atoms with Crippen molar-refractivity contribution in [1.82, 2.24) is 19.9 Å². The third-order valence-corrected chi connectivity index (χ3v) is 4.39. The molecule has 0 atom stereocenters. The van der Waals surface area contributed by atoms with Gasteiger partial charge in [0.1, 0.15) is 0 Å². The molecule has 0 aliphatic heterocycles. The van der Waals surface area contributed by atoms with Crippen molar-refractivity contribution in [2.24, 2.45) is 5.73 Å². The van der Waals surface area contributed by atoms with Crippen LogP contribution in [0.3, 0.4) is 0 Å². The van der Waals surface area contributed by atoms with E-state index in [-0.39, 0.29) is 12.5 Å². The summed E-state index contributed by atoms with van der Waals surface area (Å²) in [6.07, 6.45) is 5.40. The fourth-order valence-corrected chi connectivity index (χ4v) is 2.84. The van der Waals surface area contributed by atoms with Gasteiger partial charge in [0, 0.05) is 44.8 Å². The quantitative estimate of drug-likeness (QED) is 0.679. The Morgan fingerprint density at radius 1 is 0.964 bits per heavy atom. The molecule has 3 aromatic rings. The predicted molar refractivity (Wildman–Crippen MR) is 109 cm³/mol. The minimum atomic E-state index is -0.0889. The number of amides is 1. The number of pyridine rings is 1. The van der Waals surface area contributed by atoms with Gasteiger partial charge in [-0.25, -0.2) is 9.97 Å². The SMILES string of the molecule is CN(Cc1cccc(-c2cnc(N(C)Cc3ccccn3)nc2)c1)C(=O)CN. The van der Waals surface area contributed by atoms with Crippen LogP contribution in [0.15, 0.2) is 61.1 Å². The van der Waals surface area contributed by atoms with Crippen molar-refractivity contribution >= 4 is 11.9 Å². The second-order valence-corrected chi connectivity index (χ2v) is 6.60. The van der Waals surface area contributed by atoms with Crippen LogP contribution in [0, 0.1) is 0 Å². The minimum absolute atomic E-state index is 0.0114. The number of likely N-dealkylation sites (N-methyl/N-ethyl adjacent to an activating group) is 1. The predicted octanol–water partition coefficient (Wildman–Crippen LogP) is 2.09. The van der Waals surface area contributed by atoms with Crippen LogP contribution < -0.4 is 10.6 Å². The molecule has 3 rings (SSSR count). The normalized spacial score (nSPS) is 10.5. The second kappa shape index (κ2) is 9.05. The first kappa shape index (κ1) is 19.4. The number of hydrogen-bond acceptors (Lipinski definition) is 6. The summed E-state index contributed by atoms with van der Waals surface area (Å²) in [5.41, 5.74) is 9.33. The lowest BCUT2D eigenvalue weighted by molar-refractivity contribution is -0.128. The molecule has 2 aromatic heterocycles. The Kier molecular flexibility index (Phi) is 6.29. The van der Waals surface area contributed by atoms with E-state index in [2.05, 4.69) is 15.0 Å². The van der Waals surface area contributed by atoms with E-state index in [1.54, 1.807) is 18.1 Å². The third-order valence-electron chi connectivity index (χ3n) is 4.39. The van der Waals surface area contributed by atoms with Gasteiger partial charge in [-0.1, -0.05) is 24.3 Å². The van der Waals surface area contributed by atoms with Gasteiger partial charge < -0.3 is 15.5 Å². The summed E-state index contributed by atoms with van der Waals surface area (Å²) >= 11 is 0. The highest BCUT2D eigenvalue weighted by atomic mass is 16.2. The molecule has 0 saturated carbocycles. The molecule has 0 fully saturated rings. The maximum Gasteiger partial charge on any atom is 0.236 e. The maximum atomic E-state index is 11.7. The zero-order chi connectivity index (χ0) is 19.9. The van der Waals surface area contributed by atoms with Gasteiger partial charge in [0.05, 0.1) is 18.8 Å². The molecule has 0 bridgehead atoms. The van der Waals surface area contributed by atoms with Gasteiger partial charge in [-0.15, -0.1) is 0 Å². The zero-order valence-corrected chi connectivity index (χ0v) is 16.1. The van der Waals surface area contributed by atoms with Gasteiger partial charge >= 0.3 is 0 Å². The van der Waals surface area contributed by atoms with E-state index in [9.17, 15) is 4.79 Å². The number of carbonyl (C=O) groups excluding carboxylic acids is 1. The van der Waals surface area contributed by atoms with E-state index in [0.717, 1.165) is 22.4 Å². The molecule has 0 aliphatic carbocycles. The number of anilines is 1. The van der Waals surface area contributed by atoms with Crippen LogP contribution in [0.2, 0.25) is 0 Å². The van der Waals surface area contributed by atoms with E-state index >= 15 is 0 Å². The summed E-state index contributed by atoms with van der Waals surface area (Å²) in [5, 5.41) is 0. The lowest BCUT2D eigenvalue weighted by Crippen LogP contribution is -2.32. The van der Waals surface area contributed by atoms with Crippen LogP contribution in [-0.2, 0) is 17.9 Å². The van der Waals surface area contributed by atoms with Crippen molar-refractivity contribution in [2.45, 2.75) is 13.1 Å². The Hall–Kier alpha value is -3.32. The highest BCUT2D eigenvalue weighted by Gasteiger charge is 2.09. The molecule has 1 amide bonds. The molecule has 7 nitrogen and oxygen atoms in total. The molecule has 0 spiro atoms. The molecule has 2 heterocycles. The fraction of sp³-hybridized carbons (Fsp3) is 0.238. The third kappa shape index (κ3) is 4.89. The van der Waals surface area contributed by atoms with E-state index in [1.165, 1.54) is 0 Å². The van der Waals surface area contributed by atoms with Crippen molar-refractivity contribution in [3.05, 3.63) is 72.3 Å². The summed E-state index contributed by atoms with van der Waals surface area (Å²) in [4.78, 5) is 28.6. The molecular formula is C21H24N6O. The summed E-state index contributed by atoms with van der Waals surface area (Å²) in [5.74, 6) is 0.549. The first-order valence-electron chi connectivity index (χ1n) is 9.03. The summed E-state index contributed by atoms with van der Waals surface area (Å²) < 4.78 is 0. The molecule has 0 aliphatic rings.